The van der Waals surface area contributed by atoms with Crippen LogP contribution in [-0.4, -0.2) is 57.6 Å². The molecule has 2 aromatic rings. The predicted molar refractivity (Wildman–Crippen MR) is 114 cm³/mol. The lowest BCUT2D eigenvalue weighted by molar-refractivity contribution is 0.0963. The van der Waals surface area contributed by atoms with Crippen molar-refractivity contribution in [3.63, 3.8) is 0 Å². The van der Waals surface area contributed by atoms with E-state index in [0.29, 0.717) is 12.2 Å². The van der Waals surface area contributed by atoms with Crippen LogP contribution >= 0.6 is 0 Å². The van der Waals surface area contributed by atoms with E-state index in [1.807, 2.05) is 60.5 Å². The molecule has 0 saturated heterocycles. The molecule has 0 aliphatic heterocycles. The lowest BCUT2D eigenvalue weighted by Gasteiger charge is -2.22. The molecule has 0 atom stereocenters. The molecular formula is C22H30N4O2. The lowest BCUT2D eigenvalue weighted by Crippen LogP contribution is -2.41. The fraction of sp³-hybridized carbons (Fsp3) is 0.364. The summed E-state index contributed by atoms with van der Waals surface area (Å²) in [4.78, 5) is 18.1. The van der Waals surface area contributed by atoms with E-state index in [-0.39, 0.29) is 5.91 Å². The molecule has 2 rings (SSSR count). The number of guanidine groups is 1. The molecule has 2 aromatic carbocycles. The molecule has 150 valence electrons. The van der Waals surface area contributed by atoms with Crippen LogP contribution in [0, 0.1) is 6.92 Å². The fourth-order valence-electron chi connectivity index (χ4n) is 2.76. The minimum Gasteiger partial charge on any atom is -0.492 e. The third-order valence-corrected chi connectivity index (χ3v) is 4.40. The summed E-state index contributed by atoms with van der Waals surface area (Å²) in [7, 11) is 5.39. The SMILES string of the molecule is CN=C(NCCc1cccc(C(=O)NC)c1)N(C)CCOc1ccc(C)cc1. The molecule has 0 bridgehead atoms. The van der Waals surface area contributed by atoms with Gasteiger partial charge in [-0.1, -0.05) is 29.8 Å². The molecule has 0 fully saturated rings. The number of aryl methyl sites for hydroxylation is 1. The Morgan fingerprint density at radius 2 is 1.93 bits per heavy atom. The monoisotopic (exact) mass is 382 g/mol. The maximum absolute atomic E-state index is 11.7. The maximum Gasteiger partial charge on any atom is 0.251 e. The van der Waals surface area contributed by atoms with E-state index in [4.69, 9.17) is 4.74 Å². The molecule has 2 N–H and O–H groups in total. The van der Waals surface area contributed by atoms with Crippen molar-refractivity contribution >= 4 is 11.9 Å². The van der Waals surface area contributed by atoms with E-state index >= 15 is 0 Å². The van der Waals surface area contributed by atoms with Crippen LogP contribution in [0.2, 0.25) is 0 Å². The van der Waals surface area contributed by atoms with Crippen molar-refractivity contribution in [2.75, 3.05) is 40.8 Å². The molecule has 0 saturated carbocycles. The Morgan fingerprint density at radius 1 is 1.18 bits per heavy atom. The van der Waals surface area contributed by atoms with E-state index in [2.05, 4.69) is 22.5 Å². The quantitative estimate of drug-likeness (QED) is 0.544. The first-order chi connectivity index (χ1) is 13.5. The number of nitrogens with one attached hydrogen (secondary N) is 2. The molecular weight excluding hydrogens is 352 g/mol. The minimum absolute atomic E-state index is 0.0704. The zero-order valence-electron chi connectivity index (χ0n) is 17.2. The van der Waals surface area contributed by atoms with Gasteiger partial charge in [-0.2, -0.15) is 0 Å². The van der Waals surface area contributed by atoms with Gasteiger partial charge >= 0.3 is 0 Å². The van der Waals surface area contributed by atoms with Gasteiger partial charge in [0, 0.05) is 33.3 Å². The summed E-state index contributed by atoms with van der Waals surface area (Å²) < 4.78 is 5.78. The van der Waals surface area contributed by atoms with E-state index in [9.17, 15) is 4.79 Å². The van der Waals surface area contributed by atoms with Gasteiger partial charge in [-0.25, -0.2) is 0 Å². The minimum atomic E-state index is -0.0704. The van der Waals surface area contributed by atoms with Crippen LogP contribution in [-0.2, 0) is 6.42 Å². The first kappa shape index (κ1) is 21.3. The van der Waals surface area contributed by atoms with Gasteiger partial charge in [0.15, 0.2) is 5.96 Å². The Balaban J connectivity index is 1.77. The highest BCUT2D eigenvalue weighted by Gasteiger charge is 2.07. The molecule has 0 spiro atoms. The summed E-state index contributed by atoms with van der Waals surface area (Å²) in [5, 5.41) is 6.01. The largest absolute Gasteiger partial charge is 0.492 e. The summed E-state index contributed by atoms with van der Waals surface area (Å²) in [5.41, 5.74) is 3.00. The number of carbonyl (C=O) groups is 1. The van der Waals surface area contributed by atoms with Gasteiger partial charge < -0.3 is 20.3 Å². The summed E-state index contributed by atoms with van der Waals surface area (Å²) >= 11 is 0. The third-order valence-electron chi connectivity index (χ3n) is 4.40. The topological polar surface area (TPSA) is 66.0 Å². The number of nitrogens with zero attached hydrogens (tertiary/aromatic N) is 2. The fourth-order valence-corrected chi connectivity index (χ4v) is 2.76. The lowest BCUT2D eigenvalue weighted by atomic mass is 10.1. The Hall–Kier alpha value is -3.02. The number of hydrogen-bond acceptors (Lipinski definition) is 3. The zero-order valence-corrected chi connectivity index (χ0v) is 17.2. The van der Waals surface area contributed by atoms with Crippen molar-refractivity contribution in [2.24, 2.45) is 4.99 Å². The second-order valence-corrected chi connectivity index (χ2v) is 6.59. The van der Waals surface area contributed by atoms with Gasteiger partial charge in [-0.15, -0.1) is 0 Å². The number of likely N-dealkylation sites (N-methyl/N-ethyl adjacent to an activating group) is 1. The molecule has 0 aliphatic carbocycles. The Labute approximate surface area is 167 Å². The van der Waals surface area contributed by atoms with Gasteiger partial charge in [0.1, 0.15) is 12.4 Å². The number of carbonyl (C=O) groups excluding carboxylic acids is 1. The van der Waals surface area contributed by atoms with Crippen LogP contribution in [0.1, 0.15) is 21.5 Å². The Bertz CT molecular complexity index is 787. The Morgan fingerprint density at radius 3 is 2.61 bits per heavy atom. The van der Waals surface area contributed by atoms with Crippen molar-refractivity contribution < 1.29 is 9.53 Å². The molecule has 0 radical (unpaired) electrons. The third kappa shape index (κ3) is 6.61. The van der Waals surface area contributed by atoms with Gasteiger partial charge in [0.05, 0.1) is 6.54 Å². The van der Waals surface area contributed by atoms with Crippen molar-refractivity contribution in [3.8, 4) is 5.75 Å². The van der Waals surface area contributed by atoms with Crippen LogP contribution in [0.4, 0.5) is 0 Å². The van der Waals surface area contributed by atoms with Crippen molar-refractivity contribution in [1.82, 2.24) is 15.5 Å². The van der Waals surface area contributed by atoms with Crippen LogP contribution in [0.5, 0.6) is 5.75 Å². The molecule has 28 heavy (non-hydrogen) atoms. The van der Waals surface area contributed by atoms with Gasteiger partial charge in [0.25, 0.3) is 5.91 Å². The zero-order chi connectivity index (χ0) is 20.4. The first-order valence-corrected chi connectivity index (χ1v) is 9.45. The Kier molecular flexibility index (Phi) is 8.34. The van der Waals surface area contributed by atoms with Gasteiger partial charge in [0.2, 0.25) is 0 Å². The first-order valence-electron chi connectivity index (χ1n) is 9.45. The summed E-state index contributed by atoms with van der Waals surface area (Å²) in [6.45, 7) is 4.09. The van der Waals surface area contributed by atoms with Crippen molar-refractivity contribution in [2.45, 2.75) is 13.3 Å². The predicted octanol–water partition coefficient (Wildman–Crippen LogP) is 2.48. The molecule has 6 heteroatoms. The van der Waals surface area contributed by atoms with Crippen LogP contribution in [0.25, 0.3) is 0 Å². The van der Waals surface area contributed by atoms with Crippen LogP contribution in [0.15, 0.2) is 53.5 Å². The van der Waals surface area contributed by atoms with Crippen LogP contribution in [0.3, 0.4) is 0 Å². The molecule has 0 heterocycles. The van der Waals surface area contributed by atoms with Gasteiger partial charge in [-0.3, -0.25) is 9.79 Å². The number of ether oxygens (including phenoxy) is 1. The van der Waals surface area contributed by atoms with Gasteiger partial charge in [-0.05, 0) is 43.2 Å². The highest BCUT2D eigenvalue weighted by atomic mass is 16.5. The highest BCUT2D eigenvalue weighted by molar-refractivity contribution is 5.94. The van der Waals surface area contributed by atoms with E-state index in [1.54, 1.807) is 14.1 Å². The standard InChI is InChI=1S/C22H30N4O2/c1-17-8-10-20(11-9-17)28-15-14-26(4)22(24-3)25-13-12-18-6-5-7-19(16-18)21(27)23-2/h5-11,16H,12-15H2,1-4H3,(H,23,27)(H,24,25). The van der Waals surface area contributed by atoms with E-state index in [0.717, 1.165) is 36.8 Å². The summed E-state index contributed by atoms with van der Waals surface area (Å²) in [5.74, 6) is 1.62. The maximum atomic E-state index is 11.7. The molecule has 6 nitrogen and oxygen atoms in total. The normalized spacial score (nSPS) is 11.1. The van der Waals surface area contributed by atoms with Crippen molar-refractivity contribution in [1.29, 1.82) is 0 Å². The summed E-state index contributed by atoms with van der Waals surface area (Å²) in [6.07, 6.45) is 0.803. The average molecular weight is 383 g/mol. The van der Waals surface area contributed by atoms with Crippen LogP contribution < -0.4 is 15.4 Å². The molecule has 1 amide bonds. The smallest absolute Gasteiger partial charge is 0.251 e. The summed E-state index contributed by atoms with van der Waals surface area (Å²) in [6, 6.07) is 15.7. The average Bonchev–Trinajstić information content (AvgIpc) is 2.72. The van der Waals surface area contributed by atoms with E-state index < -0.39 is 0 Å². The second kappa shape index (κ2) is 11.0. The second-order valence-electron chi connectivity index (χ2n) is 6.59. The molecule has 0 aliphatic rings. The van der Waals surface area contributed by atoms with Crippen molar-refractivity contribution in [3.05, 3.63) is 65.2 Å². The number of hydrogen-bond donors (Lipinski definition) is 2. The number of aliphatic imine (C=N–C) groups is 1. The molecule has 0 unspecified atom stereocenters. The number of rotatable bonds is 8. The van der Waals surface area contributed by atoms with E-state index in [1.165, 1.54) is 5.56 Å². The highest BCUT2D eigenvalue weighted by Crippen LogP contribution is 2.11. The number of benzene rings is 2. The number of amides is 1. The molecule has 0 aromatic heterocycles.